The summed E-state index contributed by atoms with van der Waals surface area (Å²) >= 11 is 0. The fraction of sp³-hybridized carbons (Fsp3) is 0.667. The van der Waals surface area contributed by atoms with Crippen LogP contribution in [-0.4, -0.2) is 18.3 Å². The second-order valence-corrected chi connectivity index (χ2v) is 2.22. The summed E-state index contributed by atoms with van der Waals surface area (Å²) in [6, 6.07) is 0. The van der Waals surface area contributed by atoms with E-state index in [1.165, 1.54) is 0 Å². The average molecular weight is 154 g/mol. The molecule has 5 nitrogen and oxygen atoms in total. The highest BCUT2D eigenvalue weighted by atomic mass is 16.2. The highest BCUT2D eigenvalue weighted by Gasteiger charge is 2.13. The molecule has 0 fully saturated rings. The molecule has 1 aliphatic heterocycles. The molecule has 0 saturated heterocycles. The van der Waals surface area contributed by atoms with Gasteiger partial charge in [0.15, 0.2) is 0 Å². The predicted molar refractivity (Wildman–Crippen MR) is 40.2 cm³/mol. The van der Waals surface area contributed by atoms with Gasteiger partial charge in [-0.05, 0) is 11.6 Å². The quantitative estimate of drug-likeness (QED) is 0.607. The van der Waals surface area contributed by atoms with Crippen molar-refractivity contribution in [2.24, 2.45) is 15.4 Å². The number of nitrogens with zero attached hydrogens (tertiary/aromatic N) is 3. The molecule has 0 atom stereocenters. The maximum absolute atomic E-state index is 10.7. The molecule has 60 valence electrons. The largest absolute Gasteiger partial charge is 0.364 e. The molecule has 0 spiro atoms. The number of unbranched alkanes of at least 4 members (excludes halogenated alkanes) is 1. The van der Waals surface area contributed by atoms with Gasteiger partial charge in [0.05, 0.1) is 0 Å². The van der Waals surface area contributed by atoms with Gasteiger partial charge in [-0.1, -0.05) is 18.5 Å². The lowest BCUT2D eigenvalue weighted by atomic mass is 10.3. The van der Waals surface area contributed by atoms with Gasteiger partial charge in [-0.25, -0.2) is 0 Å². The molecule has 0 aliphatic carbocycles. The number of carbonyl (C=O) groups is 1. The number of amides is 1. The van der Waals surface area contributed by atoms with Gasteiger partial charge in [-0.3, -0.25) is 4.79 Å². The Kier molecular flexibility index (Phi) is 2.71. The standard InChI is InChI=1S/C6H10N4O/c1-2-3-4-7-5-6(11)9-10-8-5/h2-4H2,1H3,(H,7,8,9,11). The zero-order valence-electron chi connectivity index (χ0n) is 6.37. The van der Waals surface area contributed by atoms with E-state index in [1.807, 2.05) is 0 Å². The van der Waals surface area contributed by atoms with Gasteiger partial charge >= 0.3 is 5.91 Å². The minimum Gasteiger partial charge on any atom is -0.364 e. The second-order valence-electron chi connectivity index (χ2n) is 2.22. The molecule has 5 heteroatoms. The van der Waals surface area contributed by atoms with E-state index in [9.17, 15) is 4.79 Å². The molecule has 0 aromatic heterocycles. The van der Waals surface area contributed by atoms with Gasteiger partial charge in [0.2, 0.25) is 5.84 Å². The fourth-order valence-corrected chi connectivity index (χ4v) is 0.692. The monoisotopic (exact) mass is 154 g/mol. The number of hydrogen-bond acceptors (Lipinski definition) is 4. The van der Waals surface area contributed by atoms with Crippen LogP contribution in [0.5, 0.6) is 0 Å². The van der Waals surface area contributed by atoms with Crippen molar-refractivity contribution in [1.82, 2.24) is 5.32 Å². The van der Waals surface area contributed by atoms with Crippen molar-refractivity contribution >= 4 is 11.7 Å². The van der Waals surface area contributed by atoms with Crippen molar-refractivity contribution in [3.63, 3.8) is 0 Å². The summed E-state index contributed by atoms with van der Waals surface area (Å²) < 4.78 is 0. The zero-order chi connectivity index (χ0) is 8.10. The summed E-state index contributed by atoms with van der Waals surface area (Å²) in [6.45, 7) is 2.83. The number of amidine groups is 1. The predicted octanol–water partition coefficient (Wildman–Crippen LogP) is 0.682. The highest BCUT2D eigenvalue weighted by Crippen LogP contribution is 1.94. The van der Waals surface area contributed by atoms with E-state index >= 15 is 0 Å². The van der Waals surface area contributed by atoms with Gasteiger partial charge in [0.1, 0.15) is 0 Å². The van der Waals surface area contributed by atoms with E-state index in [2.05, 4.69) is 27.7 Å². The van der Waals surface area contributed by atoms with Gasteiger partial charge in [-0.2, -0.15) is 0 Å². The number of nitrogens with one attached hydrogen (secondary N) is 1. The molecule has 0 saturated carbocycles. The summed E-state index contributed by atoms with van der Waals surface area (Å²) in [5.74, 6) is -0.112. The maximum Gasteiger partial charge on any atom is 0.334 e. The van der Waals surface area contributed by atoms with E-state index in [1.54, 1.807) is 0 Å². The van der Waals surface area contributed by atoms with Crippen LogP contribution in [0.15, 0.2) is 15.4 Å². The first-order chi connectivity index (χ1) is 5.34. The molecule has 0 aromatic rings. The van der Waals surface area contributed by atoms with E-state index in [0.717, 1.165) is 19.4 Å². The van der Waals surface area contributed by atoms with Gasteiger partial charge in [0.25, 0.3) is 0 Å². The third kappa shape index (κ3) is 2.10. The Labute approximate surface area is 64.6 Å². The van der Waals surface area contributed by atoms with Gasteiger partial charge in [-0.15, -0.1) is 5.10 Å². The van der Waals surface area contributed by atoms with Crippen LogP contribution >= 0.6 is 0 Å². The summed E-state index contributed by atoms with van der Waals surface area (Å²) in [5, 5.41) is 12.8. The minimum absolute atomic E-state index is 0.262. The molecule has 1 N–H and O–H groups in total. The molecule has 1 aliphatic rings. The fourth-order valence-electron chi connectivity index (χ4n) is 0.692. The Bertz CT molecular complexity index is 209. The van der Waals surface area contributed by atoms with Crippen molar-refractivity contribution in [1.29, 1.82) is 0 Å². The lowest BCUT2D eigenvalue weighted by molar-refractivity contribution is -0.112. The Morgan fingerprint density at radius 3 is 2.91 bits per heavy atom. The molecule has 1 heterocycles. The van der Waals surface area contributed by atoms with Gasteiger partial charge in [0, 0.05) is 6.54 Å². The van der Waals surface area contributed by atoms with Crippen molar-refractivity contribution in [2.45, 2.75) is 19.8 Å². The van der Waals surface area contributed by atoms with Crippen LogP contribution < -0.4 is 5.32 Å². The topological polar surface area (TPSA) is 66.2 Å². The smallest absolute Gasteiger partial charge is 0.334 e. The molecule has 1 rings (SSSR count). The molecule has 0 aromatic carbocycles. The zero-order valence-corrected chi connectivity index (χ0v) is 6.37. The van der Waals surface area contributed by atoms with Crippen molar-refractivity contribution in [3.8, 4) is 0 Å². The van der Waals surface area contributed by atoms with Crippen LogP contribution in [0.3, 0.4) is 0 Å². The Balaban J connectivity index is 2.23. The van der Waals surface area contributed by atoms with Crippen LogP contribution in [0.25, 0.3) is 0 Å². The van der Waals surface area contributed by atoms with E-state index < -0.39 is 0 Å². The lowest BCUT2D eigenvalue weighted by Crippen LogP contribution is -2.28. The van der Waals surface area contributed by atoms with E-state index in [-0.39, 0.29) is 11.7 Å². The molecule has 1 amide bonds. The van der Waals surface area contributed by atoms with Crippen LogP contribution in [0.2, 0.25) is 0 Å². The maximum atomic E-state index is 10.7. The SMILES string of the molecule is CCCCNC1=NN=NC1=O. The second kappa shape index (κ2) is 3.80. The first kappa shape index (κ1) is 7.84. The number of carbonyl (C=O) groups excluding carboxylic acids is 1. The Morgan fingerprint density at radius 2 is 2.36 bits per heavy atom. The Hall–Kier alpha value is -1.26. The molecule has 0 bridgehead atoms. The Morgan fingerprint density at radius 1 is 1.55 bits per heavy atom. The number of hydrogen-bond donors (Lipinski definition) is 1. The third-order valence-corrected chi connectivity index (χ3v) is 1.31. The summed E-state index contributed by atoms with van der Waals surface area (Å²) in [6.07, 6.45) is 2.11. The lowest BCUT2D eigenvalue weighted by Gasteiger charge is -1.99. The third-order valence-electron chi connectivity index (χ3n) is 1.31. The minimum atomic E-state index is -0.374. The van der Waals surface area contributed by atoms with Crippen molar-refractivity contribution in [3.05, 3.63) is 0 Å². The highest BCUT2D eigenvalue weighted by molar-refractivity contribution is 6.38. The normalized spacial score (nSPS) is 15.4. The van der Waals surface area contributed by atoms with Crippen LogP contribution in [0, 0.1) is 0 Å². The van der Waals surface area contributed by atoms with Crippen LogP contribution in [-0.2, 0) is 4.79 Å². The van der Waals surface area contributed by atoms with E-state index in [0.29, 0.717) is 0 Å². The summed E-state index contributed by atoms with van der Waals surface area (Å²) in [4.78, 5) is 10.7. The first-order valence-electron chi connectivity index (χ1n) is 3.61. The van der Waals surface area contributed by atoms with E-state index in [4.69, 9.17) is 0 Å². The summed E-state index contributed by atoms with van der Waals surface area (Å²) in [5.41, 5.74) is 0. The van der Waals surface area contributed by atoms with Crippen LogP contribution in [0.1, 0.15) is 19.8 Å². The number of rotatable bonds is 3. The summed E-state index contributed by atoms with van der Waals surface area (Å²) in [7, 11) is 0. The first-order valence-corrected chi connectivity index (χ1v) is 3.61. The molecule has 11 heavy (non-hydrogen) atoms. The van der Waals surface area contributed by atoms with Crippen LogP contribution in [0.4, 0.5) is 0 Å². The van der Waals surface area contributed by atoms with Crippen molar-refractivity contribution < 1.29 is 4.79 Å². The molecule has 0 radical (unpaired) electrons. The molecule has 0 unspecified atom stereocenters. The molecular weight excluding hydrogens is 144 g/mol. The van der Waals surface area contributed by atoms with Crippen molar-refractivity contribution in [2.75, 3.05) is 6.54 Å². The average Bonchev–Trinajstić information content (AvgIpc) is 2.37. The van der Waals surface area contributed by atoms with Gasteiger partial charge < -0.3 is 5.32 Å². The molecular formula is C6H10N4O.